The standard InChI is InChI=1S/C24H18N4O3/c1-30-22-13-18-17-8-2-3-9-20(17)31-21(18)14-19(22)28-23(29)15-6-4-7-16(12-15)27-24-25-10-5-11-26-24/h2-14H,1H3,(H,28,29)(H,25,26,27). The minimum Gasteiger partial charge on any atom is -0.495 e. The van der Waals surface area contributed by atoms with E-state index >= 15 is 0 Å². The summed E-state index contributed by atoms with van der Waals surface area (Å²) in [5.74, 6) is 0.739. The molecule has 0 unspecified atom stereocenters. The predicted molar refractivity (Wildman–Crippen MR) is 120 cm³/mol. The number of hydrogen-bond acceptors (Lipinski definition) is 6. The molecule has 2 aromatic heterocycles. The lowest BCUT2D eigenvalue weighted by Crippen LogP contribution is -2.13. The molecule has 0 saturated heterocycles. The van der Waals surface area contributed by atoms with Crippen molar-refractivity contribution in [2.75, 3.05) is 17.7 Å². The number of carbonyl (C=O) groups is 1. The average molecular weight is 410 g/mol. The van der Waals surface area contributed by atoms with Crippen LogP contribution in [0, 0.1) is 0 Å². The van der Waals surface area contributed by atoms with Crippen molar-refractivity contribution in [2.24, 2.45) is 0 Å². The van der Waals surface area contributed by atoms with Gasteiger partial charge in [-0.25, -0.2) is 9.97 Å². The van der Waals surface area contributed by atoms with Crippen molar-refractivity contribution < 1.29 is 13.9 Å². The van der Waals surface area contributed by atoms with Gasteiger partial charge in [-0.3, -0.25) is 4.79 Å². The van der Waals surface area contributed by atoms with Crippen LogP contribution in [0.4, 0.5) is 17.3 Å². The summed E-state index contributed by atoms with van der Waals surface area (Å²) in [6.07, 6.45) is 3.29. The fourth-order valence-electron chi connectivity index (χ4n) is 3.44. The number of nitrogens with zero attached hydrogens (tertiary/aromatic N) is 2. The van der Waals surface area contributed by atoms with Gasteiger partial charge in [-0.05, 0) is 36.4 Å². The van der Waals surface area contributed by atoms with Crippen molar-refractivity contribution in [1.82, 2.24) is 9.97 Å². The number of nitrogens with one attached hydrogen (secondary N) is 2. The first kappa shape index (κ1) is 18.6. The largest absolute Gasteiger partial charge is 0.495 e. The molecule has 0 bridgehead atoms. The van der Waals surface area contributed by atoms with Gasteiger partial charge < -0.3 is 19.8 Å². The minimum absolute atomic E-state index is 0.272. The summed E-state index contributed by atoms with van der Waals surface area (Å²) >= 11 is 0. The molecule has 0 atom stereocenters. The van der Waals surface area contributed by atoms with Gasteiger partial charge in [0.15, 0.2) is 0 Å². The molecule has 0 spiro atoms. The molecule has 3 aromatic carbocycles. The van der Waals surface area contributed by atoms with Crippen LogP contribution in [-0.4, -0.2) is 23.0 Å². The Morgan fingerprint density at radius 3 is 2.58 bits per heavy atom. The molecule has 0 radical (unpaired) electrons. The van der Waals surface area contributed by atoms with Crippen molar-refractivity contribution in [3.8, 4) is 5.75 Å². The summed E-state index contributed by atoms with van der Waals surface area (Å²) in [7, 11) is 1.57. The zero-order chi connectivity index (χ0) is 21.2. The first-order chi connectivity index (χ1) is 15.2. The van der Waals surface area contributed by atoms with E-state index in [9.17, 15) is 4.79 Å². The molecule has 0 saturated carbocycles. The summed E-state index contributed by atoms with van der Waals surface area (Å²) in [4.78, 5) is 21.2. The van der Waals surface area contributed by atoms with Gasteiger partial charge in [0.05, 0.1) is 12.8 Å². The Balaban J connectivity index is 1.44. The van der Waals surface area contributed by atoms with Crippen LogP contribution in [0.25, 0.3) is 21.9 Å². The fourth-order valence-corrected chi connectivity index (χ4v) is 3.44. The molecular formula is C24H18N4O3. The molecule has 0 aliphatic heterocycles. The van der Waals surface area contributed by atoms with Gasteiger partial charge in [0.2, 0.25) is 5.95 Å². The number of ether oxygens (including phenoxy) is 1. The zero-order valence-corrected chi connectivity index (χ0v) is 16.6. The van der Waals surface area contributed by atoms with Gasteiger partial charge in [0.1, 0.15) is 16.9 Å². The lowest BCUT2D eigenvalue weighted by molar-refractivity contribution is 0.102. The maximum atomic E-state index is 12.9. The lowest BCUT2D eigenvalue weighted by Gasteiger charge is -2.11. The van der Waals surface area contributed by atoms with Crippen molar-refractivity contribution in [2.45, 2.75) is 0 Å². The highest BCUT2D eigenvalue weighted by molar-refractivity contribution is 6.10. The minimum atomic E-state index is -0.272. The average Bonchev–Trinajstić information content (AvgIpc) is 3.16. The summed E-state index contributed by atoms with van der Waals surface area (Å²) in [5, 5.41) is 7.93. The van der Waals surface area contributed by atoms with Crippen LogP contribution in [-0.2, 0) is 0 Å². The van der Waals surface area contributed by atoms with E-state index in [1.165, 1.54) is 0 Å². The van der Waals surface area contributed by atoms with Crippen molar-refractivity contribution in [1.29, 1.82) is 0 Å². The number of hydrogen-bond donors (Lipinski definition) is 2. The number of anilines is 3. The molecule has 31 heavy (non-hydrogen) atoms. The molecule has 5 aromatic rings. The van der Waals surface area contributed by atoms with E-state index in [0.29, 0.717) is 34.2 Å². The lowest BCUT2D eigenvalue weighted by atomic mass is 10.1. The Bertz CT molecular complexity index is 1400. The summed E-state index contributed by atoms with van der Waals surface area (Å²) < 4.78 is 11.5. The number of aromatic nitrogens is 2. The molecule has 2 heterocycles. The van der Waals surface area contributed by atoms with E-state index in [1.807, 2.05) is 36.4 Å². The van der Waals surface area contributed by atoms with Gasteiger partial charge in [-0.15, -0.1) is 0 Å². The molecular weight excluding hydrogens is 392 g/mol. The predicted octanol–water partition coefficient (Wildman–Crippen LogP) is 5.38. The second-order valence-electron chi connectivity index (χ2n) is 6.88. The number of fused-ring (bicyclic) bond motifs is 3. The highest BCUT2D eigenvalue weighted by Crippen LogP contribution is 2.36. The summed E-state index contributed by atoms with van der Waals surface area (Å²) in [6, 6.07) is 20.3. The summed E-state index contributed by atoms with van der Waals surface area (Å²) in [6.45, 7) is 0. The zero-order valence-electron chi connectivity index (χ0n) is 16.6. The van der Waals surface area contributed by atoms with E-state index in [1.54, 1.807) is 49.8 Å². The molecule has 5 rings (SSSR count). The molecule has 7 nitrogen and oxygen atoms in total. The Kier molecular flexibility index (Phi) is 4.68. The van der Waals surface area contributed by atoms with E-state index in [-0.39, 0.29) is 5.91 Å². The normalized spacial score (nSPS) is 10.9. The Morgan fingerprint density at radius 1 is 0.903 bits per heavy atom. The fraction of sp³-hybridized carbons (Fsp3) is 0.0417. The van der Waals surface area contributed by atoms with Crippen molar-refractivity contribution in [3.05, 3.63) is 84.7 Å². The van der Waals surface area contributed by atoms with Crippen LogP contribution in [0.3, 0.4) is 0 Å². The van der Waals surface area contributed by atoms with Crippen LogP contribution in [0.1, 0.15) is 10.4 Å². The molecule has 2 N–H and O–H groups in total. The van der Waals surface area contributed by atoms with Crippen LogP contribution in [0.5, 0.6) is 5.75 Å². The van der Waals surface area contributed by atoms with Gasteiger partial charge in [-0.2, -0.15) is 0 Å². The first-order valence-corrected chi connectivity index (χ1v) is 9.66. The summed E-state index contributed by atoms with van der Waals surface area (Å²) in [5.41, 5.74) is 3.17. The van der Waals surface area contributed by atoms with Gasteiger partial charge in [-0.1, -0.05) is 24.3 Å². The molecule has 0 fully saturated rings. The first-order valence-electron chi connectivity index (χ1n) is 9.66. The number of para-hydroxylation sites is 1. The molecule has 0 aliphatic carbocycles. The van der Waals surface area contributed by atoms with Crippen molar-refractivity contribution in [3.63, 3.8) is 0 Å². The SMILES string of the molecule is COc1cc2c(cc1NC(=O)c1cccc(Nc3ncccn3)c1)oc1ccccc12. The Hall–Kier alpha value is -4.39. The van der Waals surface area contributed by atoms with Gasteiger partial charge in [0.25, 0.3) is 5.91 Å². The van der Waals surface area contributed by atoms with Gasteiger partial charge in [0, 0.05) is 40.5 Å². The third-order valence-electron chi connectivity index (χ3n) is 4.89. The van der Waals surface area contributed by atoms with E-state index < -0.39 is 0 Å². The Labute approximate surface area is 177 Å². The van der Waals surface area contributed by atoms with Crippen LogP contribution < -0.4 is 15.4 Å². The van der Waals surface area contributed by atoms with Crippen LogP contribution in [0.15, 0.2) is 83.5 Å². The van der Waals surface area contributed by atoms with E-state index in [0.717, 1.165) is 16.4 Å². The molecule has 0 aliphatic rings. The van der Waals surface area contributed by atoms with Gasteiger partial charge >= 0.3 is 0 Å². The second-order valence-corrected chi connectivity index (χ2v) is 6.88. The topological polar surface area (TPSA) is 89.3 Å². The number of rotatable bonds is 5. The second kappa shape index (κ2) is 7.79. The monoisotopic (exact) mass is 410 g/mol. The number of amides is 1. The number of benzene rings is 3. The molecule has 7 heteroatoms. The maximum Gasteiger partial charge on any atom is 0.255 e. The number of carbonyl (C=O) groups excluding carboxylic acids is 1. The smallest absolute Gasteiger partial charge is 0.255 e. The third kappa shape index (κ3) is 3.64. The van der Waals surface area contributed by atoms with Crippen LogP contribution in [0.2, 0.25) is 0 Å². The van der Waals surface area contributed by atoms with E-state index in [4.69, 9.17) is 9.15 Å². The highest BCUT2D eigenvalue weighted by Gasteiger charge is 2.15. The quantitative estimate of drug-likeness (QED) is 0.404. The molecule has 152 valence electrons. The third-order valence-corrected chi connectivity index (χ3v) is 4.89. The molecule has 1 amide bonds. The maximum absolute atomic E-state index is 12.9. The van der Waals surface area contributed by atoms with E-state index in [2.05, 4.69) is 20.6 Å². The van der Waals surface area contributed by atoms with Crippen LogP contribution >= 0.6 is 0 Å². The van der Waals surface area contributed by atoms with Crippen molar-refractivity contribution >= 4 is 45.2 Å². The number of methoxy groups -OCH3 is 1. The Morgan fingerprint density at radius 2 is 1.74 bits per heavy atom. The number of furan rings is 1. The highest BCUT2D eigenvalue weighted by atomic mass is 16.5.